The lowest BCUT2D eigenvalue weighted by Crippen LogP contribution is -2.24. The second-order valence-electron chi connectivity index (χ2n) is 6.83. The van der Waals surface area contributed by atoms with Gasteiger partial charge in [0, 0.05) is 30.0 Å². The van der Waals surface area contributed by atoms with Crippen molar-refractivity contribution < 1.29 is 27.1 Å². The highest BCUT2D eigenvalue weighted by molar-refractivity contribution is 5.82. The Morgan fingerprint density at radius 3 is 2.47 bits per heavy atom. The van der Waals surface area contributed by atoms with E-state index in [1.54, 1.807) is 25.1 Å². The Hall–Kier alpha value is -3.29. The molecule has 1 N–H and O–H groups in total. The highest BCUT2D eigenvalue weighted by atomic mass is 19.4. The van der Waals surface area contributed by atoms with Crippen LogP contribution >= 0.6 is 0 Å². The number of benzene rings is 2. The lowest BCUT2D eigenvalue weighted by atomic mass is 10.0. The third-order valence-corrected chi connectivity index (χ3v) is 4.87. The second kappa shape index (κ2) is 8.61. The van der Waals surface area contributed by atoms with Crippen molar-refractivity contribution in [3.05, 3.63) is 75.1 Å². The molecule has 30 heavy (non-hydrogen) atoms. The number of alkyl halides is 3. The summed E-state index contributed by atoms with van der Waals surface area (Å²) in [5.41, 5.74) is 0.855. The maximum absolute atomic E-state index is 12.6. The number of aryl methyl sites for hydroxylation is 1. The van der Waals surface area contributed by atoms with Gasteiger partial charge in [-0.15, -0.1) is 0 Å². The fourth-order valence-corrected chi connectivity index (χ4v) is 3.13. The van der Waals surface area contributed by atoms with Crippen LogP contribution in [-0.2, 0) is 23.9 Å². The zero-order valence-electron chi connectivity index (χ0n) is 16.4. The summed E-state index contributed by atoms with van der Waals surface area (Å²) in [7, 11) is 1.52. The lowest BCUT2D eigenvalue weighted by molar-refractivity contribution is -0.137. The molecule has 0 fully saturated rings. The van der Waals surface area contributed by atoms with Gasteiger partial charge in [-0.2, -0.15) is 13.2 Å². The van der Waals surface area contributed by atoms with Gasteiger partial charge in [-0.25, -0.2) is 4.79 Å². The summed E-state index contributed by atoms with van der Waals surface area (Å²) in [5.74, 6) is 0.254. The average molecular weight is 419 g/mol. The molecule has 0 unspecified atom stereocenters. The Morgan fingerprint density at radius 1 is 1.13 bits per heavy atom. The van der Waals surface area contributed by atoms with Crippen LogP contribution in [0.4, 0.5) is 13.2 Å². The predicted octanol–water partition coefficient (Wildman–Crippen LogP) is 4.38. The van der Waals surface area contributed by atoms with Gasteiger partial charge in [-0.1, -0.05) is 12.1 Å². The van der Waals surface area contributed by atoms with E-state index in [0.717, 1.165) is 23.1 Å². The van der Waals surface area contributed by atoms with E-state index in [2.05, 4.69) is 5.32 Å². The minimum atomic E-state index is -4.40. The molecular formula is C22H20F3NO4. The topological polar surface area (TPSA) is 68.5 Å². The van der Waals surface area contributed by atoms with Gasteiger partial charge in [0.2, 0.25) is 5.91 Å². The number of halogens is 3. The van der Waals surface area contributed by atoms with Crippen molar-refractivity contribution in [2.45, 2.75) is 32.5 Å². The van der Waals surface area contributed by atoms with Crippen molar-refractivity contribution in [3.63, 3.8) is 0 Å². The Labute approximate surface area is 170 Å². The molecule has 158 valence electrons. The van der Waals surface area contributed by atoms with Gasteiger partial charge < -0.3 is 14.5 Å². The van der Waals surface area contributed by atoms with Crippen molar-refractivity contribution in [1.29, 1.82) is 0 Å². The highest BCUT2D eigenvalue weighted by Crippen LogP contribution is 2.29. The Balaban J connectivity index is 1.63. The Morgan fingerprint density at radius 2 is 1.83 bits per heavy atom. The standard InChI is InChI=1S/C22H20F3NO4/c1-13-17-8-7-16(29-2)11-19(17)30-21(28)18(13)9-10-20(27)26-12-14-3-5-15(6-4-14)22(23,24)25/h3-8,11H,9-10,12H2,1-2H3,(H,26,27). The summed E-state index contributed by atoms with van der Waals surface area (Å²) in [5, 5.41) is 3.41. The number of hydrogen-bond donors (Lipinski definition) is 1. The molecule has 8 heteroatoms. The van der Waals surface area contributed by atoms with Gasteiger partial charge in [0.25, 0.3) is 0 Å². The number of carbonyl (C=O) groups is 1. The van der Waals surface area contributed by atoms with Crippen molar-refractivity contribution in [1.82, 2.24) is 5.32 Å². The Bertz CT molecular complexity index is 1120. The van der Waals surface area contributed by atoms with Crippen molar-refractivity contribution >= 4 is 16.9 Å². The van der Waals surface area contributed by atoms with E-state index in [9.17, 15) is 22.8 Å². The number of hydrogen-bond acceptors (Lipinski definition) is 4. The van der Waals surface area contributed by atoms with Crippen LogP contribution in [0.1, 0.15) is 28.7 Å². The maximum Gasteiger partial charge on any atom is 0.416 e. The van der Waals surface area contributed by atoms with E-state index in [4.69, 9.17) is 9.15 Å². The number of ether oxygens (including phenoxy) is 1. The molecule has 0 bridgehead atoms. The molecule has 1 amide bonds. The first-order valence-corrected chi connectivity index (χ1v) is 9.22. The molecule has 1 aromatic heterocycles. The molecule has 3 rings (SSSR count). The zero-order chi connectivity index (χ0) is 21.9. The first-order chi connectivity index (χ1) is 14.2. The van der Waals surface area contributed by atoms with E-state index in [1.165, 1.54) is 19.2 Å². The fraction of sp³-hybridized carbons (Fsp3) is 0.273. The van der Waals surface area contributed by atoms with E-state index in [-0.39, 0.29) is 25.3 Å². The van der Waals surface area contributed by atoms with E-state index in [0.29, 0.717) is 22.5 Å². The molecule has 0 radical (unpaired) electrons. The minimum Gasteiger partial charge on any atom is -0.497 e. The monoisotopic (exact) mass is 419 g/mol. The SMILES string of the molecule is COc1ccc2c(C)c(CCC(=O)NCc3ccc(C(F)(F)F)cc3)c(=O)oc2c1. The molecule has 1 heterocycles. The third kappa shape index (κ3) is 4.82. The molecule has 0 aliphatic carbocycles. The summed E-state index contributed by atoms with van der Waals surface area (Å²) in [6.07, 6.45) is -4.16. The lowest BCUT2D eigenvalue weighted by Gasteiger charge is -2.10. The molecule has 2 aromatic carbocycles. The average Bonchev–Trinajstić information content (AvgIpc) is 2.71. The fourth-order valence-electron chi connectivity index (χ4n) is 3.13. The minimum absolute atomic E-state index is 0.0495. The summed E-state index contributed by atoms with van der Waals surface area (Å²) in [6, 6.07) is 9.76. The summed E-state index contributed by atoms with van der Waals surface area (Å²) < 4.78 is 48.2. The third-order valence-electron chi connectivity index (χ3n) is 4.87. The first-order valence-electron chi connectivity index (χ1n) is 9.22. The molecule has 3 aromatic rings. The van der Waals surface area contributed by atoms with Gasteiger partial charge in [-0.05, 0) is 48.7 Å². The molecule has 0 saturated heterocycles. The summed E-state index contributed by atoms with van der Waals surface area (Å²) in [4.78, 5) is 24.5. The van der Waals surface area contributed by atoms with E-state index in [1.807, 2.05) is 0 Å². The first kappa shape index (κ1) is 21.4. The zero-order valence-corrected chi connectivity index (χ0v) is 16.4. The molecule has 0 atom stereocenters. The highest BCUT2D eigenvalue weighted by Gasteiger charge is 2.29. The molecule has 5 nitrogen and oxygen atoms in total. The van der Waals surface area contributed by atoms with Crippen LogP contribution < -0.4 is 15.7 Å². The smallest absolute Gasteiger partial charge is 0.416 e. The van der Waals surface area contributed by atoms with Crippen LogP contribution in [0.25, 0.3) is 11.0 Å². The van der Waals surface area contributed by atoms with Gasteiger partial charge in [0.05, 0.1) is 12.7 Å². The largest absolute Gasteiger partial charge is 0.497 e. The molecule has 0 saturated carbocycles. The number of carbonyl (C=O) groups excluding carboxylic acids is 1. The van der Waals surface area contributed by atoms with Crippen molar-refractivity contribution in [3.8, 4) is 5.75 Å². The normalized spacial score (nSPS) is 11.5. The van der Waals surface area contributed by atoms with Gasteiger partial charge >= 0.3 is 11.8 Å². The molecule has 0 aliphatic heterocycles. The molecular weight excluding hydrogens is 399 g/mol. The predicted molar refractivity (Wildman–Crippen MR) is 105 cm³/mol. The summed E-state index contributed by atoms with van der Waals surface area (Å²) in [6.45, 7) is 1.89. The van der Waals surface area contributed by atoms with Crippen LogP contribution in [0.2, 0.25) is 0 Å². The molecule has 0 aliphatic rings. The number of methoxy groups -OCH3 is 1. The van der Waals surface area contributed by atoms with E-state index < -0.39 is 17.4 Å². The van der Waals surface area contributed by atoms with Crippen LogP contribution in [-0.4, -0.2) is 13.0 Å². The van der Waals surface area contributed by atoms with Crippen LogP contribution in [0.5, 0.6) is 5.75 Å². The van der Waals surface area contributed by atoms with Gasteiger partial charge in [-0.3, -0.25) is 4.79 Å². The van der Waals surface area contributed by atoms with Gasteiger partial charge in [0.1, 0.15) is 11.3 Å². The number of nitrogens with one attached hydrogen (secondary N) is 1. The van der Waals surface area contributed by atoms with Crippen LogP contribution in [0.15, 0.2) is 51.7 Å². The van der Waals surface area contributed by atoms with Crippen molar-refractivity contribution in [2.75, 3.05) is 7.11 Å². The van der Waals surface area contributed by atoms with E-state index >= 15 is 0 Å². The van der Waals surface area contributed by atoms with Gasteiger partial charge in [0.15, 0.2) is 0 Å². The Kier molecular flexibility index (Phi) is 6.14. The number of rotatable bonds is 6. The van der Waals surface area contributed by atoms with Crippen LogP contribution in [0.3, 0.4) is 0 Å². The number of fused-ring (bicyclic) bond motifs is 1. The second-order valence-corrected chi connectivity index (χ2v) is 6.83. The number of amides is 1. The van der Waals surface area contributed by atoms with Crippen molar-refractivity contribution in [2.24, 2.45) is 0 Å². The molecule has 0 spiro atoms. The summed E-state index contributed by atoms with van der Waals surface area (Å²) >= 11 is 0. The van der Waals surface area contributed by atoms with Crippen LogP contribution in [0, 0.1) is 6.92 Å². The maximum atomic E-state index is 12.6. The quantitative estimate of drug-likeness (QED) is 0.602.